The molecule has 0 unspecified atom stereocenters. The van der Waals surface area contributed by atoms with Crippen LogP contribution in [0, 0.1) is 0 Å². The SMILES string of the molecule is Clc1nccc(-c2cn[nH]c2)n1. The molecule has 0 bridgehead atoms. The third kappa shape index (κ3) is 1.29. The molecule has 0 aliphatic heterocycles. The molecule has 0 fully saturated rings. The van der Waals surface area contributed by atoms with Gasteiger partial charge in [0.15, 0.2) is 0 Å². The third-order valence-corrected chi connectivity index (χ3v) is 1.60. The van der Waals surface area contributed by atoms with E-state index in [4.69, 9.17) is 11.6 Å². The highest BCUT2D eigenvalue weighted by Gasteiger charge is 2.00. The molecule has 0 spiro atoms. The van der Waals surface area contributed by atoms with E-state index in [2.05, 4.69) is 20.2 Å². The van der Waals surface area contributed by atoms with Crippen LogP contribution in [0.3, 0.4) is 0 Å². The standard InChI is InChI=1S/C7H5ClN4/c8-7-9-2-1-6(12-7)5-3-10-11-4-5/h1-4H,(H,10,11). The van der Waals surface area contributed by atoms with Crippen molar-refractivity contribution in [2.75, 3.05) is 0 Å². The lowest BCUT2D eigenvalue weighted by atomic mass is 10.2. The zero-order chi connectivity index (χ0) is 8.39. The van der Waals surface area contributed by atoms with E-state index in [0.29, 0.717) is 0 Å². The Hall–Kier alpha value is -1.42. The van der Waals surface area contributed by atoms with Crippen LogP contribution in [-0.2, 0) is 0 Å². The van der Waals surface area contributed by atoms with Crippen LogP contribution in [0.1, 0.15) is 0 Å². The molecule has 4 nitrogen and oxygen atoms in total. The van der Waals surface area contributed by atoms with Gasteiger partial charge >= 0.3 is 0 Å². The number of nitrogens with zero attached hydrogens (tertiary/aromatic N) is 3. The van der Waals surface area contributed by atoms with Crippen LogP contribution >= 0.6 is 11.6 Å². The summed E-state index contributed by atoms with van der Waals surface area (Å²) >= 11 is 5.61. The molecule has 2 heterocycles. The second-order valence-electron chi connectivity index (χ2n) is 2.20. The Balaban J connectivity index is 2.48. The number of halogens is 1. The summed E-state index contributed by atoms with van der Waals surface area (Å²) in [7, 11) is 0. The number of nitrogens with one attached hydrogen (secondary N) is 1. The zero-order valence-electron chi connectivity index (χ0n) is 6.03. The molecule has 2 rings (SSSR count). The Bertz CT molecular complexity index is 371. The molecule has 0 aliphatic rings. The van der Waals surface area contributed by atoms with E-state index in [1.165, 1.54) is 0 Å². The van der Waals surface area contributed by atoms with Crippen molar-refractivity contribution < 1.29 is 0 Å². The van der Waals surface area contributed by atoms with Crippen molar-refractivity contribution in [2.24, 2.45) is 0 Å². The second-order valence-corrected chi connectivity index (χ2v) is 2.54. The molecule has 2 aromatic rings. The van der Waals surface area contributed by atoms with Gasteiger partial charge in [0.1, 0.15) is 0 Å². The first-order valence-corrected chi connectivity index (χ1v) is 3.72. The van der Waals surface area contributed by atoms with Crippen LogP contribution in [0.15, 0.2) is 24.7 Å². The van der Waals surface area contributed by atoms with Gasteiger partial charge in [0.25, 0.3) is 0 Å². The number of aromatic nitrogens is 4. The Morgan fingerprint density at radius 3 is 3.00 bits per heavy atom. The molecule has 60 valence electrons. The normalized spacial score (nSPS) is 10.1. The first kappa shape index (κ1) is 7.24. The van der Waals surface area contributed by atoms with E-state index >= 15 is 0 Å². The highest BCUT2D eigenvalue weighted by molar-refractivity contribution is 6.28. The molecule has 5 heteroatoms. The summed E-state index contributed by atoms with van der Waals surface area (Å²) < 4.78 is 0. The summed E-state index contributed by atoms with van der Waals surface area (Å²) in [5.41, 5.74) is 1.67. The van der Waals surface area contributed by atoms with Crippen molar-refractivity contribution in [1.29, 1.82) is 0 Å². The largest absolute Gasteiger partial charge is 0.285 e. The fourth-order valence-electron chi connectivity index (χ4n) is 0.887. The Kier molecular flexibility index (Phi) is 1.75. The lowest BCUT2D eigenvalue weighted by Crippen LogP contribution is -1.84. The van der Waals surface area contributed by atoms with Gasteiger partial charge < -0.3 is 0 Å². The monoisotopic (exact) mass is 180 g/mol. The maximum Gasteiger partial charge on any atom is 0.222 e. The van der Waals surface area contributed by atoms with Crippen LogP contribution < -0.4 is 0 Å². The van der Waals surface area contributed by atoms with Crippen molar-refractivity contribution >= 4 is 11.6 Å². The third-order valence-electron chi connectivity index (χ3n) is 1.42. The lowest BCUT2D eigenvalue weighted by molar-refractivity contribution is 1.09. The fourth-order valence-corrected chi connectivity index (χ4v) is 1.03. The molecule has 12 heavy (non-hydrogen) atoms. The van der Waals surface area contributed by atoms with Gasteiger partial charge in [-0.1, -0.05) is 0 Å². The van der Waals surface area contributed by atoms with Crippen LogP contribution in [0.25, 0.3) is 11.3 Å². The van der Waals surface area contributed by atoms with E-state index in [-0.39, 0.29) is 5.28 Å². The fraction of sp³-hybridized carbons (Fsp3) is 0. The van der Waals surface area contributed by atoms with Gasteiger partial charge in [-0.15, -0.1) is 0 Å². The molecule has 0 saturated carbocycles. The van der Waals surface area contributed by atoms with Gasteiger partial charge in [0, 0.05) is 18.0 Å². The Labute approximate surface area is 73.6 Å². The molecular weight excluding hydrogens is 176 g/mol. The summed E-state index contributed by atoms with van der Waals surface area (Å²) in [5, 5.41) is 6.74. The first-order valence-electron chi connectivity index (χ1n) is 3.34. The Morgan fingerprint density at radius 2 is 2.33 bits per heavy atom. The smallest absolute Gasteiger partial charge is 0.222 e. The van der Waals surface area contributed by atoms with Gasteiger partial charge in [-0.2, -0.15) is 5.10 Å². The molecule has 1 N–H and O–H groups in total. The molecule has 0 aliphatic carbocycles. The lowest BCUT2D eigenvalue weighted by Gasteiger charge is -1.93. The molecule has 0 atom stereocenters. The summed E-state index contributed by atoms with van der Waals surface area (Å²) in [6.07, 6.45) is 5.04. The number of H-pyrrole nitrogens is 1. The van der Waals surface area contributed by atoms with E-state index < -0.39 is 0 Å². The minimum atomic E-state index is 0.244. The minimum Gasteiger partial charge on any atom is -0.285 e. The van der Waals surface area contributed by atoms with E-state index in [1.54, 1.807) is 24.7 Å². The van der Waals surface area contributed by atoms with Gasteiger partial charge in [0.2, 0.25) is 5.28 Å². The average Bonchev–Trinajstić information content (AvgIpc) is 2.56. The van der Waals surface area contributed by atoms with Crippen LogP contribution in [-0.4, -0.2) is 20.2 Å². The second kappa shape index (κ2) is 2.91. The van der Waals surface area contributed by atoms with Crippen LogP contribution in [0.4, 0.5) is 0 Å². The summed E-state index contributed by atoms with van der Waals surface area (Å²) in [4.78, 5) is 7.78. The molecule has 0 amide bonds. The van der Waals surface area contributed by atoms with Gasteiger partial charge in [-0.3, -0.25) is 5.10 Å². The summed E-state index contributed by atoms with van der Waals surface area (Å²) in [5.74, 6) is 0. The first-order chi connectivity index (χ1) is 5.86. The molecule has 0 aromatic carbocycles. The molecule has 0 radical (unpaired) electrons. The van der Waals surface area contributed by atoms with E-state index in [1.807, 2.05) is 0 Å². The number of hydrogen-bond donors (Lipinski definition) is 1. The minimum absolute atomic E-state index is 0.244. The van der Waals surface area contributed by atoms with Crippen molar-refractivity contribution in [3.63, 3.8) is 0 Å². The highest BCUT2D eigenvalue weighted by Crippen LogP contribution is 2.14. The maximum atomic E-state index is 5.61. The summed E-state index contributed by atoms with van der Waals surface area (Å²) in [6, 6.07) is 1.77. The predicted octanol–water partition coefficient (Wildman–Crippen LogP) is 1.52. The quantitative estimate of drug-likeness (QED) is 0.677. The molecule has 2 aromatic heterocycles. The average molecular weight is 181 g/mol. The number of rotatable bonds is 1. The van der Waals surface area contributed by atoms with Crippen molar-refractivity contribution in [3.05, 3.63) is 29.9 Å². The molecule has 0 saturated heterocycles. The van der Waals surface area contributed by atoms with Gasteiger partial charge in [-0.25, -0.2) is 9.97 Å². The maximum absolute atomic E-state index is 5.61. The van der Waals surface area contributed by atoms with Gasteiger partial charge in [-0.05, 0) is 17.7 Å². The zero-order valence-corrected chi connectivity index (χ0v) is 6.78. The van der Waals surface area contributed by atoms with Crippen molar-refractivity contribution in [3.8, 4) is 11.3 Å². The van der Waals surface area contributed by atoms with Gasteiger partial charge in [0.05, 0.1) is 11.9 Å². The van der Waals surface area contributed by atoms with Crippen LogP contribution in [0.5, 0.6) is 0 Å². The number of aromatic amines is 1. The Morgan fingerprint density at radius 1 is 1.42 bits per heavy atom. The predicted molar refractivity (Wildman–Crippen MR) is 44.6 cm³/mol. The topological polar surface area (TPSA) is 54.5 Å². The van der Waals surface area contributed by atoms with E-state index in [9.17, 15) is 0 Å². The molecular formula is C7H5ClN4. The summed E-state index contributed by atoms with van der Waals surface area (Å²) in [6.45, 7) is 0. The van der Waals surface area contributed by atoms with Crippen LogP contribution in [0.2, 0.25) is 5.28 Å². The number of hydrogen-bond acceptors (Lipinski definition) is 3. The van der Waals surface area contributed by atoms with Crippen molar-refractivity contribution in [2.45, 2.75) is 0 Å². The van der Waals surface area contributed by atoms with E-state index in [0.717, 1.165) is 11.3 Å². The highest BCUT2D eigenvalue weighted by atomic mass is 35.5. The van der Waals surface area contributed by atoms with Crippen molar-refractivity contribution in [1.82, 2.24) is 20.2 Å².